The standard InChI is InChI=1S/C16H25N3O2/c1-3-19(12-8-9-12)11-10-18-16(20)15-13(17)6-5-7-14(15)21-4-2/h5-7,12H,3-4,8-11,17H2,1-2H3,(H,18,20). The van der Waals surface area contributed by atoms with E-state index in [4.69, 9.17) is 10.5 Å². The minimum atomic E-state index is -0.164. The zero-order valence-corrected chi connectivity index (χ0v) is 12.9. The average Bonchev–Trinajstić information content (AvgIpc) is 3.28. The maximum atomic E-state index is 12.3. The van der Waals surface area contributed by atoms with Gasteiger partial charge in [-0.1, -0.05) is 13.0 Å². The minimum absolute atomic E-state index is 0.164. The van der Waals surface area contributed by atoms with Crippen molar-refractivity contribution in [3.8, 4) is 5.75 Å². The van der Waals surface area contributed by atoms with E-state index in [9.17, 15) is 4.79 Å². The Hall–Kier alpha value is -1.75. The fourth-order valence-corrected chi connectivity index (χ4v) is 2.51. The van der Waals surface area contributed by atoms with E-state index < -0.39 is 0 Å². The first kappa shape index (κ1) is 15.6. The molecule has 0 atom stereocenters. The van der Waals surface area contributed by atoms with Gasteiger partial charge in [0, 0.05) is 24.8 Å². The molecule has 1 saturated carbocycles. The number of nitrogen functional groups attached to an aromatic ring is 1. The molecule has 1 fully saturated rings. The number of nitrogens with two attached hydrogens (primary N) is 1. The minimum Gasteiger partial charge on any atom is -0.493 e. The number of amides is 1. The molecule has 1 aliphatic carbocycles. The Labute approximate surface area is 126 Å². The molecule has 0 heterocycles. The van der Waals surface area contributed by atoms with Crippen molar-refractivity contribution < 1.29 is 9.53 Å². The lowest BCUT2D eigenvalue weighted by Gasteiger charge is -2.20. The van der Waals surface area contributed by atoms with Gasteiger partial charge in [0.2, 0.25) is 0 Å². The summed E-state index contributed by atoms with van der Waals surface area (Å²) in [4.78, 5) is 14.7. The summed E-state index contributed by atoms with van der Waals surface area (Å²) in [6.07, 6.45) is 2.56. The Morgan fingerprint density at radius 3 is 2.81 bits per heavy atom. The Bertz CT molecular complexity index is 486. The van der Waals surface area contributed by atoms with Crippen LogP contribution in [-0.4, -0.2) is 43.1 Å². The van der Waals surface area contributed by atoms with Crippen molar-refractivity contribution in [2.24, 2.45) is 0 Å². The lowest BCUT2D eigenvalue weighted by molar-refractivity contribution is 0.0945. The first-order chi connectivity index (χ1) is 10.2. The first-order valence-corrected chi connectivity index (χ1v) is 7.70. The van der Waals surface area contributed by atoms with Crippen LogP contribution in [0.15, 0.2) is 18.2 Å². The molecule has 1 aliphatic rings. The van der Waals surface area contributed by atoms with E-state index in [1.807, 2.05) is 6.92 Å². The number of hydrogen-bond donors (Lipinski definition) is 2. The summed E-state index contributed by atoms with van der Waals surface area (Å²) in [5.74, 6) is 0.382. The zero-order valence-electron chi connectivity index (χ0n) is 12.9. The molecule has 0 saturated heterocycles. The number of nitrogens with one attached hydrogen (secondary N) is 1. The summed E-state index contributed by atoms with van der Waals surface area (Å²) in [7, 11) is 0. The highest BCUT2D eigenvalue weighted by Gasteiger charge is 2.27. The molecule has 0 bridgehead atoms. The third-order valence-electron chi connectivity index (χ3n) is 3.74. The number of nitrogens with zero attached hydrogens (tertiary/aromatic N) is 1. The number of carbonyl (C=O) groups excluding carboxylic acids is 1. The largest absolute Gasteiger partial charge is 0.493 e. The van der Waals surface area contributed by atoms with Crippen molar-refractivity contribution in [1.29, 1.82) is 0 Å². The predicted octanol–water partition coefficient (Wildman–Crippen LogP) is 1.88. The maximum Gasteiger partial charge on any atom is 0.257 e. The second-order valence-electron chi connectivity index (χ2n) is 5.27. The van der Waals surface area contributed by atoms with Gasteiger partial charge in [0.15, 0.2) is 0 Å². The fraction of sp³-hybridized carbons (Fsp3) is 0.562. The van der Waals surface area contributed by atoms with Crippen LogP contribution >= 0.6 is 0 Å². The summed E-state index contributed by atoms with van der Waals surface area (Å²) >= 11 is 0. The van der Waals surface area contributed by atoms with E-state index in [0.717, 1.165) is 13.1 Å². The lowest BCUT2D eigenvalue weighted by Crippen LogP contribution is -2.36. The van der Waals surface area contributed by atoms with Crippen molar-refractivity contribution in [2.45, 2.75) is 32.7 Å². The molecule has 0 aliphatic heterocycles. The molecule has 1 aromatic rings. The molecule has 3 N–H and O–H groups in total. The van der Waals surface area contributed by atoms with Crippen LogP contribution in [0.25, 0.3) is 0 Å². The molecule has 0 spiro atoms. The molecule has 1 aromatic carbocycles. The smallest absolute Gasteiger partial charge is 0.257 e. The van der Waals surface area contributed by atoms with Gasteiger partial charge < -0.3 is 15.8 Å². The Morgan fingerprint density at radius 1 is 1.43 bits per heavy atom. The van der Waals surface area contributed by atoms with Crippen LogP contribution in [0.4, 0.5) is 5.69 Å². The number of benzene rings is 1. The maximum absolute atomic E-state index is 12.3. The van der Waals surface area contributed by atoms with Crippen molar-refractivity contribution in [3.63, 3.8) is 0 Å². The second-order valence-corrected chi connectivity index (χ2v) is 5.27. The van der Waals surface area contributed by atoms with E-state index in [0.29, 0.717) is 36.2 Å². The number of ether oxygens (including phenoxy) is 1. The van der Waals surface area contributed by atoms with E-state index in [1.54, 1.807) is 18.2 Å². The number of carbonyl (C=O) groups is 1. The van der Waals surface area contributed by atoms with Crippen LogP contribution < -0.4 is 15.8 Å². The molecule has 2 rings (SSSR count). The zero-order chi connectivity index (χ0) is 15.2. The van der Waals surface area contributed by atoms with Crippen LogP contribution in [0.5, 0.6) is 5.75 Å². The third kappa shape index (κ3) is 4.11. The molecule has 5 heteroatoms. The lowest BCUT2D eigenvalue weighted by atomic mass is 10.1. The van der Waals surface area contributed by atoms with E-state index in [1.165, 1.54) is 12.8 Å². The summed E-state index contributed by atoms with van der Waals surface area (Å²) in [6, 6.07) is 6.01. The highest BCUT2D eigenvalue weighted by molar-refractivity contribution is 6.01. The van der Waals surface area contributed by atoms with Crippen LogP contribution in [-0.2, 0) is 0 Å². The van der Waals surface area contributed by atoms with Gasteiger partial charge in [-0.2, -0.15) is 0 Å². The number of anilines is 1. The number of likely N-dealkylation sites (N-methyl/N-ethyl adjacent to an activating group) is 1. The summed E-state index contributed by atoms with van der Waals surface area (Å²) in [5.41, 5.74) is 6.81. The van der Waals surface area contributed by atoms with Gasteiger partial charge in [-0.3, -0.25) is 9.69 Å². The van der Waals surface area contributed by atoms with Gasteiger partial charge in [0.1, 0.15) is 11.3 Å². The van der Waals surface area contributed by atoms with Gasteiger partial charge in [-0.15, -0.1) is 0 Å². The molecule has 21 heavy (non-hydrogen) atoms. The third-order valence-corrected chi connectivity index (χ3v) is 3.74. The SMILES string of the molecule is CCOc1cccc(N)c1C(=O)NCCN(CC)C1CC1. The highest BCUT2D eigenvalue weighted by Crippen LogP contribution is 2.26. The summed E-state index contributed by atoms with van der Waals surface area (Å²) in [6.45, 7) is 7.09. The Morgan fingerprint density at radius 2 is 2.19 bits per heavy atom. The fourth-order valence-electron chi connectivity index (χ4n) is 2.51. The van der Waals surface area contributed by atoms with Gasteiger partial charge in [0.05, 0.1) is 6.61 Å². The quantitative estimate of drug-likeness (QED) is 0.718. The van der Waals surface area contributed by atoms with Gasteiger partial charge >= 0.3 is 0 Å². The van der Waals surface area contributed by atoms with Gasteiger partial charge in [-0.25, -0.2) is 0 Å². The van der Waals surface area contributed by atoms with Crippen LogP contribution in [0.2, 0.25) is 0 Å². The Kier molecular flexibility index (Phi) is 5.44. The first-order valence-electron chi connectivity index (χ1n) is 7.70. The molecule has 1 amide bonds. The average molecular weight is 291 g/mol. The molecular weight excluding hydrogens is 266 g/mol. The van der Waals surface area contributed by atoms with Crippen LogP contribution in [0.1, 0.15) is 37.0 Å². The van der Waals surface area contributed by atoms with Crippen molar-refractivity contribution >= 4 is 11.6 Å². The summed E-state index contributed by atoms with van der Waals surface area (Å²) < 4.78 is 5.48. The van der Waals surface area contributed by atoms with Crippen molar-refractivity contribution in [2.75, 3.05) is 32.0 Å². The molecule has 0 radical (unpaired) electrons. The molecule has 116 valence electrons. The van der Waals surface area contributed by atoms with E-state index in [-0.39, 0.29) is 5.91 Å². The van der Waals surface area contributed by atoms with E-state index in [2.05, 4.69) is 17.1 Å². The monoisotopic (exact) mass is 291 g/mol. The number of rotatable bonds is 8. The van der Waals surface area contributed by atoms with Crippen LogP contribution in [0.3, 0.4) is 0 Å². The molecular formula is C16H25N3O2. The van der Waals surface area contributed by atoms with E-state index >= 15 is 0 Å². The summed E-state index contributed by atoms with van der Waals surface area (Å²) in [5, 5.41) is 2.95. The van der Waals surface area contributed by atoms with Crippen LogP contribution in [0, 0.1) is 0 Å². The predicted molar refractivity (Wildman–Crippen MR) is 84.6 cm³/mol. The van der Waals surface area contributed by atoms with Gasteiger partial charge in [0.25, 0.3) is 5.91 Å². The van der Waals surface area contributed by atoms with Crippen molar-refractivity contribution in [3.05, 3.63) is 23.8 Å². The topological polar surface area (TPSA) is 67.6 Å². The Balaban J connectivity index is 1.93. The molecule has 0 aromatic heterocycles. The molecule has 0 unspecified atom stereocenters. The molecule has 5 nitrogen and oxygen atoms in total. The van der Waals surface area contributed by atoms with Crippen molar-refractivity contribution in [1.82, 2.24) is 10.2 Å². The normalized spacial score (nSPS) is 14.2. The highest BCUT2D eigenvalue weighted by atomic mass is 16.5. The van der Waals surface area contributed by atoms with Gasteiger partial charge in [-0.05, 0) is 38.4 Å². The second kappa shape index (κ2) is 7.31. The number of hydrogen-bond acceptors (Lipinski definition) is 4.